The summed E-state index contributed by atoms with van der Waals surface area (Å²) in [7, 11) is 0. The molecule has 4 nitrogen and oxygen atoms in total. The molecule has 1 aromatic heterocycles. The van der Waals surface area contributed by atoms with E-state index in [1.807, 2.05) is 0 Å². The van der Waals surface area contributed by atoms with Crippen molar-refractivity contribution in [3.63, 3.8) is 0 Å². The summed E-state index contributed by atoms with van der Waals surface area (Å²) < 4.78 is 41.2. The molecule has 1 aliphatic rings. The SMILES string of the molecule is Cc1ccc(N(C(=O)C(F)(F)F)C(C(N)=O)(c2cccs2)C2CCCCC2)cc1. The van der Waals surface area contributed by atoms with Crippen LogP contribution in [0.2, 0.25) is 0 Å². The molecule has 1 aliphatic carbocycles. The lowest BCUT2D eigenvalue weighted by Gasteiger charge is -2.47. The zero-order valence-electron chi connectivity index (χ0n) is 16.0. The quantitative estimate of drug-likeness (QED) is 0.741. The van der Waals surface area contributed by atoms with Crippen LogP contribution in [0.15, 0.2) is 41.8 Å². The molecule has 0 radical (unpaired) electrons. The summed E-state index contributed by atoms with van der Waals surface area (Å²) in [5, 5.41) is 1.68. The molecule has 2 amide bonds. The summed E-state index contributed by atoms with van der Waals surface area (Å²) in [4.78, 5) is 26.7. The van der Waals surface area contributed by atoms with Crippen molar-refractivity contribution in [2.45, 2.75) is 50.7 Å². The first kappa shape index (κ1) is 21.4. The number of halogens is 3. The van der Waals surface area contributed by atoms with E-state index in [2.05, 4.69) is 0 Å². The summed E-state index contributed by atoms with van der Waals surface area (Å²) in [6.45, 7) is 1.79. The second-order valence-corrected chi connectivity index (χ2v) is 8.36. The maximum absolute atomic E-state index is 13.7. The predicted molar refractivity (Wildman–Crippen MR) is 106 cm³/mol. The highest BCUT2D eigenvalue weighted by Crippen LogP contribution is 2.48. The number of primary amides is 1. The van der Waals surface area contributed by atoms with Gasteiger partial charge in [-0.1, -0.05) is 43.0 Å². The Hall–Kier alpha value is -2.35. The van der Waals surface area contributed by atoms with E-state index in [-0.39, 0.29) is 5.69 Å². The average Bonchev–Trinajstić information content (AvgIpc) is 3.21. The minimum absolute atomic E-state index is 0.00991. The molecule has 3 rings (SSSR count). The lowest BCUT2D eigenvalue weighted by molar-refractivity contribution is -0.173. The van der Waals surface area contributed by atoms with Crippen molar-refractivity contribution < 1.29 is 22.8 Å². The Bertz CT molecular complexity index is 859. The lowest BCUT2D eigenvalue weighted by Crippen LogP contribution is -2.64. The molecule has 1 unspecified atom stereocenters. The fourth-order valence-corrected chi connectivity index (χ4v) is 5.24. The highest BCUT2D eigenvalue weighted by Gasteiger charge is 2.58. The van der Waals surface area contributed by atoms with Crippen molar-refractivity contribution in [1.29, 1.82) is 0 Å². The molecular weight excluding hydrogens is 401 g/mol. The van der Waals surface area contributed by atoms with Crippen LogP contribution in [0.5, 0.6) is 0 Å². The van der Waals surface area contributed by atoms with E-state index < -0.39 is 29.4 Å². The minimum Gasteiger partial charge on any atom is -0.367 e. The number of benzene rings is 1. The molecule has 0 bridgehead atoms. The first-order valence-electron chi connectivity index (χ1n) is 9.51. The molecule has 156 valence electrons. The van der Waals surface area contributed by atoms with E-state index in [4.69, 9.17) is 5.73 Å². The predicted octanol–water partition coefficient (Wildman–Crippen LogP) is 4.91. The van der Waals surface area contributed by atoms with Gasteiger partial charge in [0.1, 0.15) is 0 Å². The van der Waals surface area contributed by atoms with Gasteiger partial charge >= 0.3 is 12.1 Å². The fourth-order valence-electron chi connectivity index (χ4n) is 4.24. The third kappa shape index (κ3) is 3.90. The number of nitrogens with two attached hydrogens (primary N) is 1. The van der Waals surface area contributed by atoms with Crippen LogP contribution >= 0.6 is 11.3 Å². The summed E-state index contributed by atoms with van der Waals surface area (Å²) in [6.07, 6.45) is -1.63. The number of carbonyl (C=O) groups excluding carboxylic acids is 2. The van der Waals surface area contributed by atoms with Gasteiger partial charge in [-0.25, -0.2) is 0 Å². The summed E-state index contributed by atoms with van der Waals surface area (Å²) in [6, 6.07) is 9.36. The number of hydrogen-bond acceptors (Lipinski definition) is 3. The molecule has 1 aromatic carbocycles. The molecule has 1 fully saturated rings. The molecule has 29 heavy (non-hydrogen) atoms. The van der Waals surface area contributed by atoms with Gasteiger partial charge in [0.25, 0.3) is 0 Å². The molecule has 0 spiro atoms. The molecule has 0 aliphatic heterocycles. The second kappa shape index (κ2) is 8.18. The number of carbonyl (C=O) groups is 2. The lowest BCUT2D eigenvalue weighted by atomic mass is 9.71. The Morgan fingerprint density at radius 2 is 1.69 bits per heavy atom. The number of anilines is 1. The third-order valence-electron chi connectivity index (χ3n) is 5.56. The Balaban J connectivity index is 2.31. The van der Waals surface area contributed by atoms with Crippen molar-refractivity contribution in [2.75, 3.05) is 4.90 Å². The van der Waals surface area contributed by atoms with Gasteiger partial charge in [0.2, 0.25) is 5.91 Å². The van der Waals surface area contributed by atoms with Crippen molar-refractivity contribution in [3.8, 4) is 0 Å². The number of amides is 2. The molecule has 2 aromatic rings. The maximum Gasteiger partial charge on any atom is 0.471 e. The van der Waals surface area contributed by atoms with Crippen LogP contribution in [0, 0.1) is 12.8 Å². The van der Waals surface area contributed by atoms with E-state index in [9.17, 15) is 22.8 Å². The fraction of sp³-hybridized carbons (Fsp3) is 0.429. The largest absolute Gasteiger partial charge is 0.471 e. The average molecular weight is 424 g/mol. The van der Waals surface area contributed by atoms with Crippen LogP contribution < -0.4 is 10.6 Å². The van der Waals surface area contributed by atoms with Gasteiger partial charge in [-0.15, -0.1) is 11.3 Å². The number of aryl methyl sites for hydroxylation is 1. The van der Waals surface area contributed by atoms with Crippen LogP contribution in [-0.2, 0) is 15.1 Å². The third-order valence-corrected chi connectivity index (χ3v) is 6.55. The molecule has 8 heteroatoms. The summed E-state index contributed by atoms with van der Waals surface area (Å²) in [5.41, 5.74) is 4.79. The standard InChI is InChI=1S/C21H23F3N2O2S/c1-14-9-11-16(12-10-14)26(19(28)21(22,23)24)20(18(25)27,17-8-5-13-29-17)15-6-3-2-4-7-15/h5,8-13,15H,2-4,6-7H2,1H3,(H2,25,27). The molecular formula is C21H23F3N2O2S. The number of alkyl halides is 3. The van der Waals surface area contributed by atoms with Crippen LogP contribution in [0.3, 0.4) is 0 Å². The monoisotopic (exact) mass is 424 g/mol. The van der Waals surface area contributed by atoms with Crippen LogP contribution in [0.1, 0.15) is 42.5 Å². The molecule has 1 heterocycles. The number of rotatable bonds is 5. The van der Waals surface area contributed by atoms with E-state index in [1.165, 1.54) is 12.1 Å². The molecule has 1 saturated carbocycles. The van der Waals surface area contributed by atoms with E-state index in [1.54, 1.807) is 36.6 Å². The van der Waals surface area contributed by atoms with E-state index >= 15 is 0 Å². The highest BCUT2D eigenvalue weighted by molar-refractivity contribution is 7.10. The van der Waals surface area contributed by atoms with E-state index in [0.717, 1.165) is 36.2 Å². The van der Waals surface area contributed by atoms with Gasteiger partial charge in [-0.05, 0) is 49.3 Å². The Kier molecular flexibility index (Phi) is 6.03. The van der Waals surface area contributed by atoms with Gasteiger partial charge in [0, 0.05) is 10.6 Å². The molecule has 1 atom stereocenters. The van der Waals surface area contributed by atoms with Crippen LogP contribution in [0.4, 0.5) is 18.9 Å². The van der Waals surface area contributed by atoms with Crippen molar-refractivity contribution in [1.82, 2.24) is 0 Å². The first-order valence-corrected chi connectivity index (χ1v) is 10.4. The van der Waals surface area contributed by atoms with Gasteiger partial charge in [-0.3, -0.25) is 14.5 Å². The number of thiophene rings is 1. The van der Waals surface area contributed by atoms with Gasteiger partial charge in [-0.2, -0.15) is 13.2 Å². The normalized spacial score (nSPS) is 17.5. The van der Waals surface area contributed by atoms with Crippen molar-refractivity contribution >= 4 is 28.8 Å². The highest BCUT2D eigenvalue weighted by atomic mass is 32.1. The first-order chi connectivity index (χ1) is 13.7. The smallest absolute Gasteiger partial charge is 0.367 e. The van der Waals surface area contributed by atoms with Crippen LogP contribution in [-0.4, -0.2) is 18.0 Å². The van der Waals surface area contributed by atoms with Gasteiger partial charge in [0.05, 0.1) is 0 Å². The summed E-state index contributed by atoms with van der Waals surface area (Å²) >= 11 is 1.14. The molecule has 2 N–H and O–H groups in total. The minimum atomic E-state index is -5.16. The number of nitrogens with zero attached hydrogens (tertiary/aromatic N) is 1. The number of hydrogen-bond donors (Lipinski definition) is 1. The Morgan fingerprint density at radius 3 is 2.17 bits per heavy atom. The Morgan fingerprint density at radius 1 is 1.07 bits per heavy atom. The summed E-state index contributed by atoms with van der Waals surface area (Å²) in [5.74, 6) is -3.52. The second-order valence-electron chi connectivity index (χ2n) is 7.42. The van der Waals surface area contributed by atoms with E-state index in [0.29, 0.717) is 22.6 Å². The van der Waals surface area contributed by atoms with Crippen molar-refractivity contribution in [3.05, 3.63) is 52.2 Å². The van der Waals surface area contributed by atoms with Gasteiger partial charge < -0.3 is 5.73 Å². The maximum atomic E-state index is 13.7. The zero-order valence-corrected chi connectivity index (χ0v) is 16.9. The molecule has 0 saturated heterocycles. The topological polar surface area (TPSA) is 63.4 Å². The van der Waals surface area contributed by atoms with Crippen LogP contribution in [0.25, 0.3) is 0 Å². The zero-order chi connectivity index (χ0) is 21.2. The Labute approximate surface area is 171 Å². The van der Waals surface area contributed by atoms with Gasteiger partial charge in [0.15, 0.2) is 5.54 Å². The van der Waals surface area contributed by atoms with Crippen molar-refractivity contribution in [2.24, 2.45) is 11.7 Å².